The molecule has 470 valence electrons. The van der Waals surface area contributed by atoms with Crippen LogP contribution in [0.5, 0.6) is 0 Å². The van der Waals surface area contributed by atoms with Crippen LogP contribution in [0, 0.1) is 0 Å². The molecule has 0 aromatic heterocycles. The molecule has 0 aliphatic carbocycles. The number of ether oxygens (including phenoxy) is 2. The molecule has 1 fully saturated rings. The van der Waals surface area contributed by atoms with Crippen LogP contribution < -0.4 is 5.32 Å². The van der Waals surface area contributed by atoms with Crippen molar-refractivity contribution in [1.82, 2.24) is 5.32 Å². The molecule has 8 N–H and O–H groups in total. The molecule has 0 bridgehead atoms. The van der Waals surface area contributed by atoms with E-state index in [0.717, 1.165) is 38.5 Å². The number of allylic oxidation sites excluding steroid dienone is 2. The summed E-state index contributed by atoms with van der Waals surface area (Å²) >= 11 is 0. The molecule has 79 heavy (non-hydrogen) atoms. The lowest BCUT2D eigenvalue weighted by Crippen LogP contribution is -2.60. The lowest BCUT2D eigenvalue weighted by Gasteiger charge is -2.40. The van der Waals surface area contributed by atoms with Gasteiger partial charge in [0.15, 0.2) is 6.29 Å². The van der Waals surface area contributed by atoms with E-state index in [1.165, 1.54) is 270 Å². The van der Waals surface area contributed by atoms with Gasteiger partial charge < -0.3 is 50.5 Å². The Hall–Kier alpha value is -1.15. The fourth-order valence-corrected chi connectivity index (χ4v) is 11.5. The van der Waals surface area contributed by atoms with Crippen LogP contribution in [0.4, 0.5) is 0 Å². The van der Waals surface area contributed by atoms with Gasteiger partial charge in [0, 0.05) is 0 Å². The Bertz CT molecular complexity index is 1290. The standard InChI is InChI=1S/C68H133NO10/c1-3-5-7-9-11-13-15-17-19-21-23-25-27-29-30-32-34-36-38-40-42-44-46-48-50-52-54-56-61(72)67(77)69-59(58-78-68-66(76)65(75)64(74)62(57-70)79-68)63(73)60(71)55-53-51-49-47-45-43-41-39-37-35-33-31-28-26-24-22-20-18-16-14-12-10-8-6-4-2/h47,49,59-66,68,70-76H,3-46,48,50-58H2,1-2H3,(H,69,77)/b49-47+. The maximum Gasteiger partial charge on any atom is 0.249 e. The molecule has 11 heteroatoms. The van der Waals surface area contributed by atoms with E-state index in [2.05, 4.69) is 31.3 Å². The number of nitrogens with one attached hydrogen (secondary N) is 1. The second-order valence-electron chi connectivity index (χ2n) is 24.6. The van der Waals surface area contributed by atoms with Gasteiger partial charge in [0.25, 0.3) is 0 Å². The molecule has 9 atom stereocenters. The largest absolute Gasteiger partial charge is 0.394 e. The summed E-state index contributed by atoms with van der Waals surface area (Å²) in [5, 5.41) is 76.5. The van der Waals surface area contributed by atoms with Crippen molar-refractivity contribution in [3.05, 3.63) is 12.2 Å². The van der Waals surface area contributed by atoms with E-state index >= 15 is 0 Å². The van der Waals surface area contributed by atoms with Crippen LogP contribution in [-0.4, -0.2) is 110 Å². The van der Waals surface area contributed by atoms with Crippen molar-refractivity contribution >= 4 is 5.91 Å². The minimum absolute atomic E-state index is 0.260. The lowest BCUT2D eigenvalue weighted by atomic mass is 9.98. The van der Waals surface area contributed by atoms with Crippen molar-refractivity contribution in [3.63, 3.8) is 0 Å². The van der Waals surface area contributed by atoms with Crippen LogP contribution >= 0.6 is 0 Å². The Morgan fingerprint density at radius 3 is 1.09 bits per heavy atom. The van der Waals surface area contributed by atoms with Crippen LogP contribution in [0.15, 0.2) is 12.2 Å². The summed E-state index contributed by atoms with van der Waals surface area (Å²) in [4.78, 5) is 13.2. The van der Waals surface area contributed by atoms with Gasteiger partial charge >= 0.3 is 0 Å². The number of aliphatic hydroxyl groups excluding tert-OH is 7. The number of carbonyl (C=O) groups is 1. The summed E-state index contributed by atoms with van der Waals surface area (Å²) in [5.41, 5.74) is 0. The van der Waals surface area contributed by atoms with Gasteiger partial charge in [-0.15, -0.1) is 0 Å². The lowest BCUT2D eigenvalue weighted by molar-refractivity contribution is -0.303. The third-order valence-electron chi connectivity index (χ3n) is 17.1. The molecular weight excluding hydrogens is 991 g/mol. The highest BCUT2D eigenvalue weighted by Gasteiger charge is 2.44. The van der Waals surface area contributed by atoms with E-state index in [1.54, 1.807) is 0 Å². The quantitative estimate of drug-likeness (QED) is 0.0215. The Morgan fingerprint density at radius 2 is 0.747 bits per heavy atom. The molecule has 1 aliphatic rings. The Balaban J connectivity index is 2.22. The maximum absolute atomic E-state index is 13.2. The first-order valence-corrected chi connectivity index (χ1v) is 34.6. The fourth-order valence-electron chi connectivity index (χ4n) is 11.5. The molecular formula is C68H133NO10. The summed E-state index contributed by atoms with van der Waals surface area (Å²) in [5.74, 6) is -0.698. The number of hydrogen-bond donors (Lipinski definition) is 8. The summed E-state index contributed by atoms with van der Waals surface area (Å²) in [6.45, 7) is 3.51. The smallest absolute Gasteiger partial charge is 0.249 e. The molecule has 1 saturated heterocycles. The van der Waals surface area contributed by atoms with Crippen LogP contribution in [0.25, 0.3) is 0 Å². The minimum Gasteiger partial charge on any atom is -0.394 e. The van der Waals surface area contributed by atoms with Crippen LogP contribution in [0.2, 0.25) is 0 Å². The van der Waals surface area contributed by atoms with E-state index in [1.807, 2.05) is 0 Å². The molecule has 0 aromatic rings. The summed E-state index contributed by atoms with van der Waals surface area (Å²) < 4.78 is 11.2. The molecule has 0 radical (unpaired) electrons. The first-order valence-electron chi connectivity index (χ1n) is 34.6. The topological polar surface area (TPSA) is 189 Å². The predicted molar refractivity (Wildman–Crippen MR) is 330 cm³/mol. The second-order valence-corrected chi connectivity index (χ2v) is 24.6. The number of carbonyl (C=O) groups excluding carboxylic acids is 1. The van der Waals surface area contributed by atoms with Crippen molar-refractivity contribution in [1.29, 1.82) is 0 Å². The maximum atomic E-state index is 13.2. The SMILES string of the molecule is CCCCCCCCCCCCCCCCCCCCCC/C=C/CCCC(O)C(O)C(COC1OC(CO)C(O)C(O)C1O)NC(=O)C(O)CCCCCCCCCCCCCCCCCCCCCCCCCCCCC. The number of amides is 1. The number of hydrogen-bond acceptors (Lipinski definition) is 10. The zero-order chi connectivity index (χ0) is 57.5. The van der Waals surface area contributed by atoms with E-state index in [-0.39, 0.29) is 12.8 Å². The van der Waals surface area contributed by atoms with Gasteiger partial charge in [-0.25, -0.2) is 0 Å². The van der Waals surface area contributed by atoms with Crippen molar-refractivity contribution in [2.24, 2.45) is 0 Å². The van der Waals surface area contributed by atoms with Crippen molar-refractivity contribution in [3.8, 4) is 0 Å². The minimum atomic E-state index is -1.67. The normalized spacial score (nSPS) is 19.3. The third-order valence-corrected chi connectivity index (χ3v) is 17.1. The summed E-state index contributed by atoms with van der Waals surface area (Å²) in [6.07, 6.45) is 58.7. The fraction of sp³-hybridized carbons (Fsp3) is 0.956. The molecule has 1 heterocycles. The molecule has 11 nitrogen and oxygen atoms in total. The van der Waals surface area contributed by atoms with Gasteiger partial charge in [-0.1, -0.05) is 321 Å². The van der Waals surface area contributed by atoms with Crippen molar-refractivity contribution in [2.75, 3.05) is 13.2 Å². The Labute approximate surface area is 487 Å². The zero-order valence-electron chi connectivity index (χ0n) is 51.9. The second kappa shape index (κ2) is 57.3. The van der Waals surface area contributed by atoms with Crippen LogP contribution in [0.3, 0.4) is 0 Å². The van der Waals surface area contributed by atoms with Gasteiger partial charge in [-0.3, -0.25) is 4.79 Å². The molecule has 1 rings (SSSR count). The molecule has 0 aromatic carbocycles. The molecule has 9 unspecified atom stereocenters. The van der Waals surface area contributed by atoms with Crippen molar-refractivity contribution in [2.45, 2.75) is 403 Å². The molecule has 0 spiro atoms. The molecule has 0 saturated carbocycles. The van der Waals surface area contributed by atoms with Crippen LogP contribution in [0.1, 0.15) is 348 Å². The van der Waals surface area contributed by atoms with Crippen molar-refractivity contribution < 1.29 is 50.0 Å². The van der Waals surface area contributed by atoms with Gasteiger partial charge in [0.1, 0.15) is 36.6 Å². The predicted octanol–water partition coefficient (Wildman–Crippen LogP) is 16.3. The first kappa shape index (κ1) is 75.9. The van der Waals surface area contributed by atoms with E-state index < -0.39 is 74.2 Å². The van der Waals surface area contributed by atoms with E-state index in [9.17, 15) is 40.5 Å². The average Bonchev–Trinajstić information content (AvgIpc) is 3.46. The number of rotatable bonds is 61. The highest BCUT2D eigenvalue weighted by molar-refractivity contribution is 5.80. The zero-order valence-corrected chi connectivity index (χ0v) is 51.9. The number of unbranched alkanes of at least 4 members (excludes halogenated alkanes) is 47. The van der Waals surface area contributed by atoms with Gasteiger partial charge in [-0.05, 0) is 38.5 Å². The summed E-state index contributed by atoms with van der Waals surface area (Å²) in [7, 11) is 0. The highest BCUT2D eigenvalue weighted by Crippen LogP contribution is 2.24. The van der Waals surface area contributed by atoms with Gasteiger partial charge in [0.2, 0.25) is 5.91 Å². The Kier molecular flexibility index (Phi) is 55.0. The van der Waals surface area contributed by atoms with Gasteiger partial charge in [-0.2, -0.15) is 0 Å². The number of aliphatic hydroxyl groups is 7. The molecule has 1 aliphatic heterocycles. The third kappa shape index (κ3) is 45.0. The monoisotopic (exact) mass is 1120 g/mol. The van der Waals surface area contributed by atoms with E-state index in [4.69, 9.17) is 9.47 Å². The Morgan fingerprint density at radius 1 is 0.430 bits per heavy atom. The van der Waals surface area contributed by atoms with Crippen LogP contribution in [-0.2, 0) is 14.3 Å². The summed E-state index contributed by atoms with van der Waals surface area (Å²) in [6, 6.07) is -1.18. The highest BCUT2D eigenvalue weighted by atomic mass is 16.7. The average molecular weight is 1120 g/mol. The van der Waals surface area contributed by atoms with E-state index in [0.29, 0.717) is 12.8 Å². The molecule has 1 amide bonds. The van der Waals surface area contributed by atoms with Gasteiger partial charge in [0.05, 0.1) is 25.4 Å². The first-order chi connectivity index (χ1) is 38.7.